The molecular weight excluding hydrogens is 427 g/mol. The zero-order chi connectivity index (χ0) is 20.4. The van der Waals surface area contributed by atoms with Crippen LogP contribution in [0, 0.1) is 0 Å². The Morgan fingerprint density at radius 3 is 2.79 bits per heavy atom. The summed E-state index contributed by atoms with van der Waals surface area (Å²) < 4.78 is 48.2. The number of thioether (sulfide) groups is 1. The minimum atomic E-state index is -4.44. The highest BCUT2D eigenvalue weighted by Gasteiger charge is 2.30. The van der Waals surface area contributed by atoms with Crippen molar-refractivity contribution >= 4 is 34.1 Å². The first-order valence-electron chi connectivity index (χ1n) is 8.20. The molecule has 0 bridgehead atoms. The number of hydrogen-bond donors (Lipinski definition) is 1. The van der Waals surface area contributed by atoms with Crippen molar-refractivity contribution in [2.24, 2.45) is 0 Å². The number of nitrogens with one attached hydrogen (secondary N) is 1. The maximum atomic E-state index is 12.5. The number of halogens is 3. The lowest BCUT2D eigenvalue weighted by molar-refractivity contribution is -0.137. The van der Waals surface area contributed by atoms with Crippen LogP contribution in [0.4, 0.5) is 18.3 Å². The summed E-state index contributed by atoms with van der Waals surface area (Å²) in [6, 6.07) is 7.63. The summed E-state index contributed by atoms with van der Waals surface area (Å²) in [6.07, 6.45) is -3.69. The molecule has 3 aromatic rings. The lowest BCUT2D eigenvalue weighted by Gasteiger charge is -2.06. The Balaban J connectivity index is 1.33. The van der Waals surface area contributed by atoms with Gasteiger partial charge in [0.25, 0.3) is 0 Å². The molecule has 0 radical (unpaired) electrons. The van der Waals surface area contributed by atoms with Crippen LogP contribution in [-0.2, 0) is 11.0 Å². The monoisotopic (exact) mass is 439 g/mol. The van der Waals surface area contributed by atoms with Crippen LogP contribution < -0.4 is 14.8 Å². The molecule has 1 N–H and O–H groups in total. The first-order chi connectivity index (χ1) is 13.9. The minimum absolute atomic E-state index is 0.00268. The number of ether oxygens (including phenoxy) is 2. The molecule has 1 aromatic carbocycles. The quantitative estimate of drug-likeness (QED) is 0.582. The average Bonchev–Trinajstić information content (AvgIpc) is 3.34. The molecule has 0 spiro atoms. The summed E-state index contributed by atoms with van der Waals surface area (Å²) in [5.74, 6) is 0.980. The summed E-state index contributed by atoms with van der Waals surface area (Å²) in [7, 11) is 0. The molecule has 1 aliphatic rings. The summed E-state index contributed by atoms with van der Waals surface area (Å²) in [5.41, 5.74) is 0.681. The van der Waals surface area contributed by atoms with E-state index in [0.717, 1.165) is 29.6 Å². The lowest BCUT2D eigenvalue weighted by atomic mass is 10.1. The molecule has 29 heavy (non-hydrogen) atoms. The fourth-order valence-electron chi connectivity index (χ4n) is 2.45. The number of amides is 1. The van der Waals surface area contributed by atoms with Crippen molar-refractivity contribution in [3.05, 3.63) is 47.5 Å². The van der Waals surface area contributed by atoms with Gasteiger partial charge in [-0.1, -0.05) is 11.8 Å². The third kappa shape index (κ3) is 4.62. The van der Waals surface area contributed by atoms with E-state index in [1.54, 1.807) is 11.4 Å². The van der Waals surface area contributed by atoms with Gasteiger partial charge in [0.1, 0.15) is 0 Å². The van der Waals surface area contributed by atoms with Crippen LogP contribution in [0.3, 0.4) is 0 Å². The van der Waals surface area contributed by atoms with E-state index in [2.05, 4.69) is 15.3 Å². The van der Waals surface area contributed by atoms with Crippen LogP contribution in [0.2, 0.25) is 0 Å². The second kappa shape index (κ2) is 7.91. The molecule has 0 aliphatic carbocycles. The second-order valence-electron chi connectivity index (χ2n) is 5.83. The van der Waals surface area contributed by atoms with E-state index >= 15 is 0 Å². The van der Waals surface area contributed by atoms with Gasteiger partial charge < -0.3 is 14.8 Å². The van der Waals surface area contributed by atoms with Gasteiger partial charge in [-0.25, -0.2) is 9.97 Å². The summed E-state index contributed by atoms with van der Waals surface area (Å²) >= 11 is 2.31. The zero-order valence-corrected chi connectivity index (χ0v) is 16.2. The van der Waals surface area contributed by atoms with Gasteiger partial charge in [-0.15, -0.1) is 11.3 Å². The molecular formula is C18H12F3N3O3S2. The number of aromatic nitrogens is 2. The molecule has 1 aliphatic heterocycles. The molecule has 0 unspecified atom stereocenters. The fraction of sp³-hybridized carbons (Fsp3) is 0.167. The minimum Gasteiger partial charge on any atom is -0.454 e. The normalized spacial score (nSPS) is 12.8. The molecule has 1 amide bonds. The van der Waals surface area contributed by atoms with E-state index in [4.69, 9.17) is 9.47 Å². The Labute approximate surface area is 171 Å². The number of pyridine rings is 1. The van der Waals surface area contributed by atoms with Gasteiger partial charge in [0, 0.05) is 17.1 Å². The van der Waals surface area contributed by atoms with Crippen LogP contribution in [-0.4, -0.2) is 28.4 Å². The van der Waals surface area contributed by atoms with Gasteiger partial charge in [0.2, 0.25) is 12.7 Å². The maximum absolute atomic E-state index is 12.5. The van der Waals surface area contributed by atoms with E-state index in [-0.39, 0.29) is 18.5 Å². The molecule has 6 nitrogen and oxygen atoms in total. The number of carbonyl (C=O) groups excluding carboxylic acids is 1. The Morgan fingerprint density at radius 2 is 2.03 bits per heavy atom. The number of carbonyl (C=O) groups is 1. The van der Waals surface area contributed by atoms with Crippen molar-refractivity contribution < 1.29 is 27.4 Å². The van der Waals surface area contributed by atoms with Crippen molar-refractivity contribution in [1.29, 1.82) is 0 Å². The molecule has 2 aromatic heterocycles. The Kier molecular flexibility index (Phi) is 5.33. The highest BCUT2D eigenvalue weighted by atomic mass is 32.2. The smallest absolute Gasteiger partial charge is 0.417 e. The van der Waals surface area contributed by atoms with Crippen molar-refractivity contribution in [2.45, 2.75) is 11.2 Å². The van der Waals surface area contributed by atoms with Crippen LogP contribution in [0.5, 0.6) is 11.5 Å². The lowest BCUT2D eigenvalue weighted by Crippen LogP contribution is -2.14. The molecule has 0 saturated heterocycles. The number of fused-ring (bicyclic) bond motifs is 1. The highest BCUT2D eigenvalue weighted by molar-refractivity contribution is 7.99. The number of hydrogen-bond acceptors (Lipinski definition) is 7. The van der Waals surface area contributed by atoms with Gasteiger partial charge in [-0.2, -0.15) is 13.2 Å². The molecule has 4 rings (SSSR count). The van der Waals surface area contributed by atoms with Crippen molar-refractivity contribution in [1.82, 2.24) is 9.97 Å². The molecule has 3 heterocycles. The third-order valence-electron chi connectivity index (χ3n) is 3.83. The van der Waals surface area contributed by atoms with Crippen molar-refractivity contribution in [3.63, 3.8) is 0 Å². The number of nitrogens with zero attached hydrogens (tertiary/aromatic N) is 2. The van der Waals surface area contributed by atoms with Gasteiger partial charge in [0.05, 0.1) is 22.0 Å². The predicted octanol–water partition coefficient (Wildman–Crippen LogP) is 4.68. The second-order valence-corrected chi connectivity index (χ2v) is 7.68. The number of anilines is 1. The fourth-order valence-corrected chi connectivity index (χ4v) is 3.83. The molecule has 150 valence electrons. The topological polar surface area (TPSA) is 73.3 Å². The van der Waals surface area contributed by atoms with E-state index < -0.39 is 11.7 Å². The predicted molar refractivity (Wildman–Crippen MR) is 102 cm³/mol. The standard InChI is InChI=1S/C18H12F3N3O3S2/c19-18(20,21)11-2-4-16(22-6-11)28-8-15(25)24-17-23-12(7-29-17)10-1-3-13-14(5-10)27-9-26-13/h1-7H,8-9H2,(H,23,24,25). The number of benzene rings is 1. The number of thiazole rings is 1. The molecule has 0 atom stereocenters. The van der Waals surface area contributed by atoms with E-state index in [9.17, 15) is 18.0 Å². The van der Waals surface area contributed by atoms with Crippen LogP contribution in [0.15, 0.2) is 46.9 Å². The number of alkyl halides is 3. The number of rotatable bonds is 5. The van der Waals surface area contributed by atoms with E-state index in [1.807, 2.05) is 12.1 Å². The van der Waals surface area contributed by atoms with Gasteiger partial charge in [-0.05, 0) is 30.3 Å². The first-order valence-corrected chi connectivity index (χ1v) is 10.1. The van der Waals surface area contributed by atoms with Crippen LogP contribution >= 0.6 is 23.1 Å². The average molecular weight is 439 g/mol. The summed E-state index contributed by atoms with van der Waals surface area (Å²) in [6.45, 7) is 0.183. The first kappa shape index (κ1) is 19.5. The Morgan fingerprint density at radius 1 is 1.21 bits per heavy atom. The highest BCUT2D eigenvalue weighted by Crippen LogP contribution is 2.36. The molecule has 0 fully saturated rings. The third-order valence-corrected chi connectivity index (χ3v) is 5.54. The summed E-state index contributed by atoms with van der Waals surface area (Å²) in [5, 5.41) is 5.22. The van der Waals surface area contributed by atoms with Gasteiger partial charge in [0.15, 0.2) is 16.6 Å². The van der Waals surface area contributed by atoms with E-state index in [0.29, 0.717) is 27.4 Å². The molecule has 11 heteroatoms. The zero-order valence-electron chi connectivity index (χ0n) is 14.5. The SMILES string of the molecule is O=C(CSc1ccc(C(F)(F)F)cn1)Nc1nc(-c2ccc3c(c2)OCO3)cs1. The van der Waals surface area contributed by atoms with Crippen molar-refractivity contribution in [2.75, 3.05) is 17.9 Å². The van der Waals surface area contributed by atoms with E-state index in [1.165, 1.54) is 17.4 Å². The maximum Gasteiger partial charge on any atom is 0.417 e. The molecule has 0 saturated carbocycles. The summed E-state index contributed by atoms with van der Waals surface area (Å²) in [4.78, 5) is 20.2. The van der Waals surface area contributed by atoms with Crippen molar-refractivity contribution in [3.8, 4) is 22.8 Å². The van der Waals surface area contributed by atoms with Crippen LogP contribution in [0.1, 0.15) is 5.56 Å². The van der Waals surface area contributed by atoms with Crippen LogP contribution in [0.25, 0.3) is 11.3 Å². The Hall–Kier alpha value is -2.79. The van der Waals surface area contributed by atoms with Gasteiger partial charge in [-0.3, -0.25) is 4.79 Å². The largest absolute Gasteiger partial charge is 0.454 e. The Bertz CT molecular complexity index is 1040. The van der Waals surface area contributed by atoms with Gasteiger partial charge >= 0.3 is 6.18 Å².